The molecule has 1 N–H and O–H groups in total. The maximum atomic E-state index is 3.22. The molecule has 0 saturated heterocycles. The van der Waals surface area contributed by atoms with E-state index >= 15 is 0 Å². The van der Waals surface area contributed by atoms with Gasteiger partial charge in [0.1, 0.15) is 0 Å². The van der Waals surface area contributed by atoms with E-state index in [1.165, 1.54) is 21.6 Å². The maximum Gasteiger partial charge on any atom is 0.0232 e. The van der Waals surface area contributed by atoms with Crippen LogP contribution in [0.1, 0.15) is 16.7 Å². The SMILES string of the molecule is CNCc1ccccc1SCc1cccc(C)c1. The fourth-order valence-electron chi connectivity index (χ4n) is 1.94. The van der Waals surface area contributed by atoms with E-state index in [9.17, 15) is 0 Å². The molecule has 0 atom stereocenters. The lowest BCUT2D eigenvalue weighted by Gasteiger charge is -2.09. The molecule has 0 aromatic heterocycles. The zero-order chi connectivity index (χ0) is 12.8. The summed E-state index contributed by atoms with van der Waals surface area (Å²) in [6.07, 6.45) is 0. The number of hydrogen-bond donors (Lipinski definition) is 1. The molecule has 0 aliphatic rings. The third-order valence-corrected chi connectivity index (χ3v) is 4.00. The van der Waals surface area contributed by atoms with Crippen molar-refractivity contribution in [3.8, 4) is 0 Å². The Hall–Kier alpha value is -1.25. The summed E-state index contributed by atoms with van der Waals surface area (Å²) in [6.45, 7) is 3.07. The van der Waals surface area contributed by atoms with Crippen molar-refractivity contribution in [2.24, 2.45) is 0 Å². The summed E-state index contributed by atoms with van der Waals surface area (Å²) in [5.74, 6) is 1.03. The van der Waals surface area contributed by atoms with Gasteiger partial charge in [-0.25, -0.2) is 0 Å². The molecule has 0 unspecified atom stereocenters. The van der Waals surface area contributed by atoms with Crippen molar-refractivity contribution in [3.63, 3.8) is 0 Å². The van der Waals surface area contributed by atoms with Crippen LogP contribution in [0.15, 0.2) is 53.4 Å². The fourth-order valence-corrected chi connectivity index (χ4v) is 2.95. The summed E-state index contributed by atoms with van der Waals surface area (Å²) in [5.41, 5.74) is 4.09. The first-order valence-electron chi connectivity index (χ1n) is 6.20. The highest BCUT2D eigenvalue weighted by Gasteiger charge is 2.02. The van der Waals surface area contributed by atoms with Crippen molar-refractivity contribution in [2.75, 3.05) is 7.05 Å². The molecule has 0 amide bonds. The largest absolute Gasteiger partial charge is 0.316 e. The summed E-state index contributed by atoms with van der Waals surface area (Å²) in [4.78, 5) is 1.37. The lowest BCUT2D eigenvalue weighted by Crippen LogP contribution is -2.05. The summed E-state index contributed by atoms with van der Waals surface area (Å²) >= 11 is 1.91. The molecule has 1 nitrogen and oxygen atoms in total. The monoisotopic (exact) mass is 257 g/mol. The van der Waals surface area contributed by atoms with Crippen LogP contribution in [-0.4, -0.2) is 7.05 Å². The van der Waals surface area contributed by atoms with Gasteiger partial charge in [-0.1, -0.05) is 48.0 Å². The van der Waals surface area contributed by atoms with E-state index in [1.807, 2.05) is 18.8 Å². The minimum absolute atomic E-state index is 0.928. The van der Waals surface area contributed by atoms with Gasteiger partial charge in [0.05, 0.1) is 0 Å². The van der Waals surface area contributed by atoms with E-state index in [1.54, 1.807) is 0 Å². The van der Waals surface area contributed by atoms with Gasteiger partial charge in [0.15, 0.2) is 0 Å². The van der Waals surface area contributed by atoms with Crippen LogP contribution in [0.5, 0.6) is 0 Å². The molecule has 2 aromatic carbocycles. The van der Waals surface area contributed by atoms with E-state index in [0.717, 1.165) is 12.3 Å². The van der Waals surface area contributed by atoms with E-state index in [-0.39, 0.29) is 0 Å². The Morgan fingerprint density at radius 3 is 2.67 bits per heavy atom. The summed E-state index contributed by atoms with van der Waals surface area (Å²) in [6, 6.07) is 17.3. The summed E-state index contributed by atoms with van der Waals surface area (Å²) < 4.78 is 0. The number of benzene rings is 2. The normalized spacial score (nSPS) is 10.6. The fraction of sp³-hybridized carbons (Fsp3) is 0.250. The minimum atomic E-state index is 0.928. The van der Waals surface area contributed by atoms with Crippen LogP contribution in [0.3, 0.4) is 0 Å². The maximum absolute atomic E-state index is 3.22. The second kappa shape index (κ2) is 6.62. The highest BCUT2D eigenvalue weighted by molar-refractivity contribution is 7.98. The number of hydrogen-bond acceptors (Lipinski definition) is 2. The Kier molecular flexibility index (Phi) is 4.85. The van der Waals surface area contributed by atoms with Crippen LogP contribution in [0, 0.1) is 6.92 Å². The average molecular weight is 257 g/mol. The quantitative estimate of drug-likeness (QED) is 0.812. The highest BCUT2D eigenvalue weighted by atomic mass is 32.2. The van der Waals surface area contributed by atoms with Crippen LogP contribution in [0.2, 0.25) is 0 Å². The second-order valence-corrected chi connectivity index (χ2v) is 5.43. The zero-order valence-corrected chi connectivity index (χ0v) is 11.8. The van der Waals surface area contributed by atoms with Crippen molar-refractivity contribution < 1.29 is 0 Å². The van der Waals surface area contributed by atoms with Gasteiger partial charge >= 0.3 is 0 Å². The first-order valence-corrected chi connectivity index (χ1v) is 7.19. The molecule has 2 rings (SSSR count). The Morgan fingerprint density at radius 1 is 1.06 bits per heavy atom. The first kappa shape index (κ1) is 13.2. The molecule has 0 spiro atoms. The van der Waals surface area contributed by atoms with Crippen molar-refractivity contribution in [2.45, 2.75) is 24.1 Å². The molecule has 0 fully saturated rings. The topological polar surface area (TPSA) is 12.0 Å². The van der Waals surface area contributed by atoms with E-state index in [2.05, 4.69) is 60.8 Å². The van der Waals surface area contributed by atoms with E-state index in [4.69, 9.17) is 0 Å². The standard InChI is InChI=1S/C16H19NS/c1-13-6-5-7-14(10-13)12-18-16-9-4-3-8-15(16)11-17-2/h3-10,17H,11-12H2,1-2H3. The average Bonchev–Trinajstić information content (AvgIpc) is 2.38. The Labute approximate surface area is 114 Å². The van der Waals surface area contributed by atoms with Crippen molar-refractivity contribution in [3.05, 3.63) is 65.2 Å². The predicted octanol–water partition coefficient (Wildman–Crippen LogP) is 4.01. The molecule has 2 aromatic rings. The summed E-state index contributed by atoms with van der Waals surface area (Å²) in [5, 5.41) is 3.22. The summed E-state index contributed by atoms with van der Waals surface area (Å²) in [7, 11) is 1.99. The van der Waals surface area contributed by atoms with Crippen LogP contribution < -0.4 is 5.32 Å². The van der Waals surface area contributed by atoms with Gasteiger partial charge in [0.25, 0.3) is 0 Å². The van der Waals surface area contributed by atoms with Gasteiger partial charge in [0.2, 0.25) is 0 Å². The smallest absolute Gasteiger partial charge is 0.0232 e. The molecule has 0 aliphatic carbocycles. The zero-order valence-electron chi connectivity index (χ0n) is 10.9. The number of aryl methyl sites for hydroxylation is 1. The third-order valence-electron chi connectivity index (χ3n) is 2.82. The van der Waals surface area contributed by atoms with E-state index < -0.39 is 0 Å². The first-order chi connectivity index (χ1) is 8.79. The van der Waals surface area contributed by atoms with Gasteiger partial charge in [-0.15, -0.1) is 11.8 Å². The molecule has 0 heterocycles. The Morgan fingerprint density at radius 2 is 1.89 bits per heavy atom. The number of rotatable bonds is 5. The van der Waals surface area contributed by atoms with Gasteiger partial charge in [0, 0.05) is 17.2 Å². The minimum Gasteiger partial charge on any atom is -0.316 e. The lowest BCUT2D eigenvalue weighted by atomic mass is 10.2. The van der Waals surface area contributed by atoms with Crippen molar-refractivity contribution in [1.82, 2.24) is 5.32 Å². The Balaban J connectivity index is 2.06. The molecule has 0 radical (unpaired) electrons. The molecular weight excluding hydrogens is 238 g/mol. The molecule has 18 heavy (non-hydrogen) atoms. The lowest BCUT2D eigenvalue weighted by molar-refractivity contribution is 0.803. The molecular formula is C16H19NS. The number of nitrogens with one attached hydrogen (secondary N) is 1. The van der Waals surface area contributed by atoms with Gasteiger partial charge in [-0.2, -0.15) is 0 Å². The molecule has 0 saturated carbocycles. The Bertz CT molecular complexity index is 508. The third kappa shape index (κ3) is 3.62. The van der Waals surface area contributed by atoms with Crippen LogP contribution in [0.25, 0.3) is 0 Å². The van der Waals surface area contributed by atoms with Crippen molar-refractivity contribution >= 4 is 11.8 Å². The van der Waals surface area contributed by atoms with E-state index in [0.29, 0.717) is 0 Å². The van der Waals surface area contributed by atoms with Gasteiger partial charge < -0.3 is 5.32 Å². The molecule has 0 bridgehead atoms. The van der Waals surface area contributed by atoms with Crippen molar-refractivity contribution in [1.29, 1.82) is 0 Å². The van der Waals surface area contributed by atoms with Crippen LogP contribution >= 0.6 is 11.8 Å². The van der Waals surface area contributed by atoms with Gasteiger partial charge in [-0.3, -0.25) is 0 Å². The molecule has 94 valence electrons. The number of thioether (sulfide) groups is 1. The van der Waals surface area contributed by atoms with Crippen LogP contribution in [0.4, 0.5) is 0 Å². The van der Waals surface area contributed by atoms with Crippen LogP contribution in [-0.2, 0) is 12.3 Å². The highest BCUT2D eigenvalue weighted by Crippen LogP contribution is 2.26. The predicted molar refractivity (Wildman–Crippen MR) is 79.9 cm³/mol. The second-order valence-electron chi connectivity index (χ2n) is 4.42. The molecule has 0 aliphatic heterocycles. The molecule has 2 heteroatoms. The van der Waals surface area contributed by atoms with Gasteiger partial charge in [-0.05, 0) is 31.2 Å².